The Bertz CT molecular complexity index is 1070. The van der Waals surface area contributed by atoms with Crippen LogP contribution in [0.2, 0.25) is 0 Å². The van der Waals surface area contributed by atoms with E-state index in [4.69, 9.17) is 9.47 Å². The third-order valence-corrected chi connectivity index (χ3v) is 5.92. The number of carbonyl (C=O) groups is 1. The Balaban J connectivity index is 1.28. The number of ether oxygens (including phenoxy) is 2. The fourth-order valence-electron chi connectivity index (χ4n) is 4.38. The Morgan fingerprint density at radius 2 is 1.77 bits per heavy atom. The summed E-state index contributed by atoms with van der Waals surface area (Å²) < 4.78 is 11.6. The maximum atomic E-state index is 13.0. The fraction of sp³-hybridized carbons (Fsp3) is 0.320. The molecular weight excluding hydrogens is 376 g/mol. The molecule has 5 heteroatoms. The van der Waals surface area contributed by atoms with E-state index >= 15 is 0 Å². The van der Waals surface area contributed by atoms with Crippen molar-refractivity contribution in [3.63, 3.8) is 0 Å². The zero-order chi connectivity index (χ0) is 20.3. The van der Waals surface area contributed by atoms with Gasteiger partial charge in [0.05, 0.1) is 25.8 Å². The fourth-order valence-corrected chi connectivity index (χ4v) is 4.38. The monoisotopic (exact) mass is 402 g/mol. The molecule has 3 aromatic rings. The van der Waals surface area contributed by atoms with Crippen LogP contribution in [0.4, 0.5) is 5.69 Å². The molecule has 0 spiro atoms. The molecule has 154 valence electrons. The van der Waals surface area contributed by atoms with Gasteiger partial charge in [0.2, 0.25) is 5.91 Å². The summed E-state index contributed by atoms with van der Waals surface area (Å²) in [6, 6.07) is 20.6. The lowest BCUT2D eigenvalue weighted by atomic mass is 10.0. The Hall–Kier alpha value is -3.21. The van der Waals surface area contributed by atoms with Gasteiger partial charge in [-0.15, -0.1) is 0 Å². The van der Waals surface area contributed by atoms with Crippen molar-refractivity contribution in [3.05, 3.63) is 66.2 Å². The van der Waals surface area contributed by atoms with Crippen LogP contribution in [0.15, 0.2) is 60.7 Å². The van der Waals surface area contributed by atoms with Crippen LogP contribution >= 0.6 is 0 Å². The molecule has 0 radical (unpaired) electrons. The second-order valence-corrected chi connectivity index (χ2v) is 7.92. The summed E-state index contributed by atoms with van der Waals surface area (Å²) >= 11 is 0. The number of nitrogens with zero attached hydrogens (tertiary/aromatic N) is 1. The van der Waals surface area contributed by atoms with Gasteiger partial charge in [-0.25, -0.2) is 0 Å². The van der Waals surface area contributed by atoms with Crippen LogP contribution in [0.3, 0.4) is 0 Å². The average Bonchev–Trinajstić information content (AvgIpc) is 3.16. The zero-order valence-electron chi connectivity index (χ0n) is 17.0. The van der Waals surface area contributed by atoms with Gasteiger partial charge in [-0.3, -0.25) is 4.79 Å². The normalized spacial score (nSPS) is 18.3. The van der Waals surface area contributed by atoms with Crippen LogP contribution < -0.4 is 14.8 Å². The number of likely N-dealkylation sites (tertiary alicyclic amines) is 1. The summed E-state index contributed by atoms with van der Waals surface area (Å²) in [5, 5.41) is 5.67. The Kier molecular flexibility index (Phi) is 5.18. The van der Waals surface area contributed by atoms with Gasteiger partial charge in [-0.2, -0.15) is 0 Å². The van der Waals surface area contributed by atoms with Crippen LogP contribution in [-0.2, 0) is 4.79 Å². The minimum absolute atomic E-state index is 0.0908. The van der Waals surface area contributed by atoms with Crippen molar-refractivity contribution in [3.8, 4) is 11.5 Å². The Labute approximate surface area is 176 Å². The van der Waals surface area contributed by atoms with Crippen LogP contribution in [0.1, 0.15) is 30.9 Å². The second kappa shape index (κ2) is 8.27. The number of carbonyl (C=O) groups excluding carboxylic acids is 1. The number of amides is 1. The molecule has 0 saturated carbocycles. The van der Waals surface area contributed by atoms with Gasteiger partial charge >= 0.3 is 0 Å². The van der Waals surface area contributed by atoms with Gasteiger partial charge in [0.1, 0.15) is 0 Å². The predicted molar refractivity (Wildman–Crippen MR) is 118 cm³/mol. The first-order valence-corrected chi connectivity index (χ1v) is 10.7. The van der Waals surface area contributed by atoms with Gasteiger partial charge in [-0.1, -0.05) is 36.4 Å². The van der Waals surface area contributed by atoms with E-state index in [0.717, 1.165) is 48.6 Å². The third kappa shape index (κ3) is 3.80. The summed E-state index contributed by atoms with van der Waals surface area (Å²) in [4.78, 5) is 15.0. The molecule has 2 aliphatic heterocycles. The topological polar surface area (TPSA) is 50.8 Å². The van der Waals surface area contributed by atoms with E-state index in [9.17, 15) is 4.79 Å². The van der Waals surface area contributed by atoms with Gasteiger partial charge in [0, 0.05) is 18.7 Å². The molecule has 30 heavy (non-hydrogen) atoms. The standard InChI is InChI=1S/C25H26N2O3/c28-25(17-26-21-10-8-18-5-1-2-6-19(18)15-21)27-12-3-7-22(27)20-9-11-23-24(16-20)30-14-4-13-29-23/h1-2,5-6,8-11,15-16,22,26H,3-4,7,12-14,17H2/t22-/m0/s1. The molecule has 0 bridgehead atoms. The molecule has 1 N–H and O–H groups in total. The number of anilines is 1. The molecule has 5 nitrogen and oxygen atoms in total. The molecule has 1 atom stereocenters. The molecule has 0 unspecified atom stereocenters. The first-order chi connectivity index (χ1) is 14.8. The highest BCUT2D eigenvalue weighted by Crippen LogP contribution is 2.38. The summed E-state index contributed by atoms with van der Waals surface area (Å²) in [5.41, 5.74) is 2.09. The molecule has 1 amide bonds. The third-order valence-electron chi connectivity index (χ3n) is 5.92. The molecule has 1 saturated heterocycles. The lowest BCUT2D eigenvalue weighted by Crippen LogP contribution is -2.35. The van der Waals surface area contributed by atoms with Crippen molar-refractivity contribution >= 4 is 22.4 Å². The Morgan fingerprint density at radius 3 is 2.67 bits per heavy atom. The van der Waals surface area contributed by atoms with E-state index in [1.807, 2.05) is 35.2 Å². The number of hydrogen-bond donors (Lipinski definition) is 1. The number of nitrogens with one attached hydrogen (secondary N) is 1. The molecular formula is C25H26N2O3. The van der Waals surface area contributed by atoms with Crippen molar-refractivity contribution in [2.24, 2.45) is 0 Å². The van der Waals surface area contributed by atoms with Gasteiger partial charge in [0.15, 0.2) is 11.5 Å². The van der Waals surface area contributed by atoms with Crippen molar-refractivity contribution in [2.45, 2.75) is 25.3 Å². The van der Waals surface area contributed by atoms with E-state index in [-0.39, 0.29) is 11.9 Å². The highest BCUT2D eigenvalue weighted by atomic mass is 16.5. The quantitative estimate of drug-likeness (QED) is 0.683. The lowest BCUT2D eigenvalue weighted by Gasteiger charge is -2.26. The van der Waals surface area contributed by atoms with Crippen molar-refractivity contribution < 1.29 is 14.3 Å². The highest BCUT2D eigenvalue weighted by Gasteiger charge is 2.30. The van der Waals surface area contributed by atoms with Gasteiger partial charge in [-0.05, 0) is 53.4 Å². The summed E-state index contributed by atoms with van der Waals surface area (Å²) in [6.45, 7) is 2.43. The SMILES string of the molecule is O=C(CNc1ccc2ccccc2c1)N1CCC[C@H]1c1ccc2c(c1)OCCCO2. The largest absolute Gasteiger partial charge is 0.490 e. The highest BCUT2D eigenvalue weighted by molar-refractivity contribution is 5.87. The minimum Gasteiger partial charge on any atom is -0.490 e. The van der Waals surface area contributed by atoms with Crippen molar-refractivity contribution in [2.75, 3.05) is 31.6 Å². The molecule has 1 fully saturated rings. The van der Waals surface area contributed by atoms with Crippen molar-refractivity contribution in [1.29, 1.82) is 0 Å². The number of rotatable bonds is 4. The minimum atomic E-state index is 0.0908. The second-order valence-electron chi connectivity index (χ2n) is 7.92. The van der Waals surface area contributed by atoms with Crippen LogP contribution in [0, 0.1) is 0 Å². The van der Waals surface area contributed by atoms with Crippen LogP contribution in [0.5, 0.6) is 11.5 Å². The maximum absolute atomic E-state index is 13.0. The molecule has 2 aliphatic rings. The first-order valence-electron chi connectivity index (χ1n) is 10.7. The Morgan fingerprint density at radius 1 is 0.933 bits per heavy atom. The van der Waals surface area contributed by atoms with E-state index in [1.54, 1.807) is 0 Å². The van der Waals surface area contributed by atoms with E-state index in [2.05, 4.69) is 35.6 Å². The van der Waals surface area contributed by atoms with Gasteiger partial charge in [0.25, 0.3) is 0 Å². The summed E-state index contributed by atoms with van der Waals surface area (Å²) in [7, 11) is 0. The maximum Gasteiger partial charge on any atom is 0.242 e. The average molecular weight is 402 g/mol. The van der Waals surface area contributed by atoms with Crippen molar-refractivity contribution in [1.82, 2.24) is 4.90 Å². The molecule has 0 aromatic heterocycles. The number of fused-ring (bicyclic) bond motifs is 2. The lowest BCUT2D eigenvalue weighted by molar-refractivity contribution is -0.130. The molecule has 3 aromatic carbocycles. The van der Waals surface area contributed by atoms with E-state index in [0.29, 0.717) is 19.8 Å². The van der Waals surface area contributed by atoms with Crippen LogP contribution in [-0.4, -0.2) is 37.1 Å². The number of hydrogen-bond acceptors (Lipinski definition) is 4. The zero-order valence-corrected chi connectivity index (χ0v) is 17.0. The first kappa shape index (κ1) is 18.8. The van der Waals surface area contributed by atoms with E-state index < -0.39 is 0 Å². The smallest absolute Gasteiger partial charge is 0.242 e. The van der Waals surface area contributed by atoms with E-state index in [1.165, 1.54) is 10.8 Å². The van der Waals surface area contributed by atoms with Gasteiger partial charge < -0.3 is 19.7 Å². The summed E-state index contributed by atoms with van der Waals surface area (Å²) in [5.74, 6) is 1.71. The van der Waals surface area contributed by atoms with Crippen LogP contribution in [0.25, 0.3) is 10.8 Å². The number of benzene rings is 3. The molecule has 2 heterocycles. The predicted octanol–water partition coefficient (Wildman–Crippen LogP) is 4.78. The summed E-state index contributed by atoms with van der Waals surface area (Å²) in [6.07, 6.45) is 2.88. The molecule has 5 rings (SSSR count). The molecule has 0 aliphatic carbocycles.